The first kappa shape index (κ1) is 10.7. The summed E-state index contributed by atoms with van der Waals surface area (Å²) in [5.41, 5.74) is 2.03. The Kier molecular flexibility index (Phi) is 2.90. The molecule has 1 aliphatic heterocycles. The molecule has 1 aromatic rings. The minimum absolute atomic E-state index is 0.0855. The van der Waals surface area contributed by atoms with E-state index < -0.39 is 0 Å². The van der Waals surface area contributed by atoms with Crippen LogP contribution in [0.5, 0.6) is 0 Å². The third-order valence-electron chi connectivity index (χ3n) is 2.70. The zero-order valence-corrected chi connectivity index (χ0v) is 9.22. The van der Waals surface area contributed by atoms with Gasteiger partial charge in [-0.2, -0.15) is 0 Å². The second-order valence-electron chi connectivity index (χ2n) is 3.89. The number of anilines is 1. The van der Waals surface area contributed by atoms with Crippen molar-refractivity contribution in [3.8, 4) is 0 Å². The molecule has 2 rings (SSSR count). The molecule has 0 bridgehead atoms. The standard InChI is InChI=1S/C12H14N2O2/c1-10-3-2-4-11(9-10)14-6-5-13(7-8-15)12(14)16/h2-4,8-9H,5-7H2,1H3. The topological polar surface area (TPSA) is 40.6 Å². The summed E-state index contributed by atoms with van der Waals surface area (Å²) in [4.78, 5) is 25.5. The summed E-state index contributed by atoms with van der Waals surface area (Å²) in [6.07, 6.45) is 0.762. The van der Waals surface area contributed by atoms with E-state index in [9.17, 15) is 9.59 Å². The van der Waals surface area contributed by atoms with Crippen LogP contribution >= 0.6 is 0 Å². The normalized spacial score (nSPS) is 15.7. The molecule has 0 aliphatic carbocycles. The third-order valence-corrected chi connectivity index (χ3v) is 2.70. The molecule has 4 heteroatoms. The number of carbonyl (C=O) groups excluding carboxylic acids is 2. The van der Waals surface area contributed by atoms with Crippen molar-refractivity contribution in [2.75, 3.05) is 24.5 Å². The van der Waals surface area contributed by atoms with Gasteiger partial charge in [-0.15, -0.1) is 0 Å². The number of carbonyl (C=O) groups is 2. The van der Waals surface area contributed by atoms with Gasteiger partial charge in [0, 0.05) is 18.8 Å². The molecule has 0 atom stereocenters. The Morgan fingerprint density at radius 2 is 2.19 bits per heavy atom. The molecule has 1 aromatic carbocycles. The second-order valence-corrected chi connectivity index (χ2v) is 3.89. The molecule has 1 saturated heterocycles. The first-order valence-electron chi connectivity index (χ1n) is 5.29. The van der Waals surface area contributed by atoms with Gasteiger partial charge in [-0.3, -0.25) is 4.90 Å². The van der Waals surface area contributed by atoms with Crippen LogP contribution in [-0.4, -0.2) is 36.9 Å². The minimum Gasteiger partial charge on any atom is -0.316 e. The fourth-order valence-electron chi connectivity index (χ4n) is 1.88. The highest BCUT2D eigenvalue weighted by molar-refractivity contribution is 5.95. The van der Waals surface area contributed by atoms with E-state index in [2.05, 4.69) is 0 Å². The summed E-state index contributed by atoms with van der Waals surface area (Å²) in [6, 6.07) is 7.73. The molecule has 0 saturated carbocycles. The number of hydrogen-bond donors (Lipinski definition) is 0. The van der Waals surface area contributed by atoms with E-state index in [1.54, 1.807) is 9.80 Å². The quantitative estimate of drug-likeness (QED) is 0.720. The van der Waals surface area contributed by atoms with E-state index in [1.807, 2.05) is 31.2 Å². The highest BCUT2D eigenvalue weighted by Gasteiger charge is 2.28. The van der Waals surface area contributed by atoms with Crippen molar-refractivity contribution < 1.29 is 9.59 Å². The zero-order valence-electron chi connectivity index (χ0n) is 9.22. The lowest BCUT2D eigenvalue weighted by Gasteiger charge is -2.17. The van der Waals surface area contributed by atoms with E-state index >= 15 is 0 Å². The maximum absolute atomic E-state index is 11.9. The van der Waals surface area contributed by atoms with Gasteiger partial charge in [-0.25, -0.2) is 4.79 Å². The number of benzene rings is 1. The number of nitrogens with zero attached hydrogens (tertiary/aromatic N) is 2. The molecule has 4 nitrogen and oxygen atoms in total. The van der Waals surface area contributed by atoms with Crippen LogP contribution in [0.3, 0.4) is 0 Å². The van der Waals surface area contributed by atoms with Crippen molar-refractivity contribution in [3.05, 3.63) is 29.8 Å². The van der Waals surface area contributed by atoms with Crippen LogP contribution in [0.25, 0.3) is 0 Å². The predicted molar refractivity (Wildman–Crippen MR) is 61.6 cm³/mol. The maximum Gasteiger partial charge on any atom is 0.324 e. The van der Waals surface area contributed by atoms with Gasteiger partial charge in [-0.05, 0) is 24.6 Å². The fraction of sp³-hybridized carbons (Fsp3) is 0.333. The van der Waals surface area contributed by atoms with Gasteiger partial charge in [0.25, 0.3) is 0 Å². The largest absolute Gasteiger partial charge is 0.324 e. The molecule has 0 spiro atoms. The molecule has 0 unspecified atom stereocenters. The first-order chi connectivity index (χ1) is 7.72. The van der Waals surface area contributed by atoms with Gasteiger partial charge in [0.05, 0.1) is 6.54 Å². The van der Waals surface area contributed by atoms with Crippen molar-refractivity contribution in [1.82, 2.24) is 4.90 Å². The number of urea groups is 1. The van der Waals surface area contributed by atoms with Crippen LogP contribution < -0.4 is 4.90 Å². The van der Waals surface area contributed by atoms with E-state index in [-0.39, 0.29) is 12.6 Å². The predicted octanol–water partition coefficient (Wildman–Crippen LogP) is 1.44. The van der Waals surface area contributed by atoms with E-state index in [0.29, 0.717) is 13.1 Å². The van der Waals surface area contributed by atoms with Crippen LogP contribution in [-0.2, 0) is 4.79 Å². The Balaban J connectivity index is 2.18. The van der Waals surface area contributed by atoms with Crippen molar-refractivity contribution in [2.45, 2.75) is 6.92 Å². The zero-order chi connectivity index (χ0) is 11.5. The Morgan fingerprint density at radius 1 is 1.38 bits per heavy atom. The number of rotatable bonds is 3. The molecule has 0 radical (unpaired) electrons. The molecule has 1 aliphatic rings. The highest BCUT2D eigenvalue weighted by Crippen LogP contribution is 2.20. The van der Waals surface area contributed by atoms with Crippen LogP contribution in [0.4, 0.5) is 10.5 Å². The molecule has 0 aromatic heterocycles. The van der Waals surface area contributed by atoms with Gasteiger partial charge < -0.3 is 9.69 Å². The Hall–Kier alpha value is -1.84. The number of aryl methyl sites for hydroxylation is 1. The molecular formula is C12H14N2O2. The molecule has 2 amide bonds. The molecule has 0 N–H and O–H groups in total. The maximum atomic E-state index is 11.9. The number of amides is 2. The SMILES string of the molecule is Cc1cccc(N2CCN(CC=O)C2=O)c1. The monoisotopic (exact) mass is 218 g/mol. The Morgan fingerprint density at radius 3 is 2.88 bits per heavy atom. The van der Waals surface area contributed by atoms with E-state index in [4.69, 9.17) is 0 Å². The van der Waals surface area contributed by atoms with Crippen LogP contribution in [0, 0.1) is 6.92 Å². The molecule has 1 fully saturated rings. The van der Waals surface area contributed by atoms with E-state index in [0.717, 1.165) is 17.5 Å². The molecular weight excluding hydrogens is 204 g/mol. The van der Waals surface area contributed by atoms with Gasteiger partial charge in [0.2, 0.25) is 0 Å². The highest BCUT2D eigenvalue weighted by atomic mass is 16.2. The lowest BCUT2D eigenvalue weighted by Crippen LogP contribution is -2.32. The number of hydrogen-bond acceptors (Lipinski definition) is 2. The van der Waals surface area contributed by atoms with Gasteiger partial charge in [-0.1, -0.05) is 12.1 Å². The van der Waals surface area contributed by atoms with Crippen LogP contribution in [0.2, 0.25) is 0 Å². The van der Waals surface area contributed by atoms with Crippen molar-refractivity contribution >= 4 is 18.0 Å². The van der Waals surface area contributed by atoms with Crippen molar-refractivity contribution in [1.29, 1.82) is 0 Å². The molecule has 16 heavy (non-hydrogen) atoms. The average molecular weight is 218 g/mol. The summed E-state index contributed by atoms with van der Waals surface area (Å²) in [7, 11) is 0. The van der Waals surface area contributed by atoms with Crippen LogP contribution in [0.15, 0.2) is 24.3 Å². The van der Waals surface area contributed by atoms with Crippen molar-refractivity contribution in [2.24, 2.45) is 0 Å². The fourth-order valence-corrected chi connectivity index (χ4v) is 1.88. The first-order valence-corrected chi connectivity index (χ1v) is 5.29. The van der Waals surface area contributed by atoms with Crippen molar-refractivity contribution in [3.63, 3.8) is 0 Å². The minimum atomic E-state index is -0.0855. The summed E-state index contributed by atoms with van der Waals surface area (Å²) < 4.78 is 0. The van der Waals surface area contributed by atoms with Gasteiger partial charge in [0.15, 0.2) is 0 Å². The summed E-state index contributed by atoms with van der Waals surface area (Å²) in [6.45, 7) is 3.44. The lowest BCUT2D eigenvalue weighted by atomic mass is 10.2. The van der Waals surface area contributed by atoms with Gasteiger partial charge in [0.1, 0.15) is 6.29 Å². The van der Waals surface area contributed by atoms with Gasteiger partial charge >= 0.3 is 6.03 Å². The Labute approximate surface area is 94.5 Å². The lowest BCUT2D eigenvalue weighted by molar-refractivity contribution is -0.108. The second kappa shape index (κ2) is 4.35. The summed E-state index contributed by atoms with van der Waals surface area (Å²) in [5, 5.41) is 0. The average Bonchev–Trinajstić information content (AvgIpc) is 2.61. The Bertz CT molecular complexity index is 417. The summed E-state index contributed by atoms with van der Waals surface area (Å²) in [5.74, 6) is 0. The smallest absolute Gasteiger partial charge is 0.316 e. The third kappa shape index (κ3) is 1.91. The van der Waals surface area contributed by atoms with E-state index in [1.165, 1.54) is 0 Å². The molecule has 1 heterocycles. The molecule has 84 valence electrons. The summed E-state index contributed by atoms with van der Waals surface area (Å²) >= 11 is 0. The number of aldehydes is 1. The van der Waals surface area contributed by atoms with Crippen LogP contribution in [0.1, 0.15) is 5.56 Å².